The number of carbonyl (C=O) groups is 2. The zero-order valence-electron chi connectivity index (χ0n) is 25.2. The molecule has 0 heterocycles. The molecule has 0 aliphatic carbocycles. The molecule has 0 aliphatic heterocycles. The molecule has 0 bridgehead atoms. The smallest absolute Gasteiger partial charge is 0.264 e. The summed E-state index contributed by atoms with van der Waals surface area (Å²) in [6.45, 7) is 7.51. The molecule has 1 N–H and O–H groups in total. The average molecular weight is 596 g/mol. The molecule has 42 heavy (non-hydrogen) atoms. The minimum Gasteiger partial charge on any atom is -0.497 e. The molecule has 9 nitrogen and oxygen atoms in total. The second-order valence-corrected chi connectivity index (χ2v) is 11.9. The topological polar surface area (TPSA) is 105 Å². The van der Waals surface area contributed by atoms with Crippen molar-refractivity contribution >= 4 is 27.5 Å². The molecule has 3 rings (SSSR count). The average Bonchev–Trinajstić information content (AvgIpc) is 2.99. The first-order chi connectivity index (χ1) is 20.0. The van der Waals surface area contributed by atoms with Gasteiger partial charge in [0, 0.05) is 13.1 Å². The Bertz CT molecular complexity index is 1460. The van der Waals surface area contributed by atoms with Crippen LogP contribution in [0.4, 0.5) is 5.69 Å². The molecule has 1 atom stereocenters. The zero-order valence-corrected chi connectivity index (χ0v) is 26.0. The molecule has 10 heteroatoms. The van der Waals surface area contributed by atoms with Crippen molar-refractivity contribution in [2.75, 3.05) is 31.6 Å². The molecule has 0 unspecified atom stereocenters. The van der Waals surface area contributed by atoms with Gasteiger partial charge in [-0.15, -0.1) is 0 Å². The van der Waals surface area contributed by atoms with E-state index >= 15 is 0 Å². The lowest BCUT2D eigenvalue weighted by molar-refractivity contribution is -0.140. The van der Waals surface area contributed by atoms with E-state index in [4.69, 9.17) is 9.47 Å². The third-order valence-corrected chi connectivity index (χ3v) is 8.71. The molecular weight excluding hydrogens is 554 g/mol. The Hall–Kier alpha value is -4.05. The Morgan fingerprint density at radius 2 is 1.52 bits per heavy atom. The number of methoxy groups -OCH3 is 2. The maximum absolute atomic E-state index is 14.2. The predicted molar refractivity (Wildman–Crippen MR) is 164 cm³/mol. The maximum Gasteiger partial charge on any atom is 0.264 e. The first-order valence-corrected chi connectivity index (χ1v) is 15.4. The molecule has 0 fully saturated rings. The van der Waals surface area contributed by atoms with E-state index in [9.17, 15) is 18.0 Å². The number of hydrogen-bond acceptors (Lipinski definition) is 6. The molecule has 0 spiro atoms. The van der Waals surface area contributed by atoms with E-state index in [0.29, 0.717) is 24.5 Å². The molecule has 2 amide bonds. The van der Waals surface area contributed by atoms with Gasteiger partial charge in [-0.2, -0.15) is 0 Å². The quantitative estimate of drug-likeness (QED) is 0.286. The van der Waals surface area contributed by atoms with Gasteiger partial charge in [0.25, 0.3) is 10.0 Å². The minimum atomic E-state index is -4.21. The van der Waals surface area contributed by atoms with Crippen molar-refractivity contribution in [3.63, 3.8) is 0 Å². The molecule has 0 aliphatic rings. The predicted octanol–water partition coefficient (Wildman–Crippen LogP) is 4.85. The van der Waals surface area contributed by atoms with Crippen molar-refractivity contribution in [1.82, 2.24) is 10.2 Å². The summed E-state index contributed by atoms with van der Waals surface area (Å²) in [5.74, 6) is 0.149. The van der Waals surface area contributed by atoms with E-state index in [0.717, 1.165) is 27.4 Å². The van der Waals surface area contributed by atoms with E-state index in [1.54, 1.807) is 43.5 Å². The molecule has 0 aromatic heterocycles. The van der Waals surface area contributed by atoms with Gasteiger partial charge in [0.2, 0.25) is 11.8 Å². The van der Waals surface area contributed by atoms with Crippen LogP contribution in [0.1, 0.15) is 43.4 Å². The van der Waals surface area contributed by atoms with Crippen molar-refractivity contribution in [3.8, 4) is 11.5 Å². The molecule has 0 saturated carbocycles. The van der Waals surface area contributed by atoms with Crippen molar-refractivity contribution in [2.45, 2.75) is 58.0 Å². The highest BCUT2D eigenvalue weighted by Crippen LogP contribution is 2.34. The molecule has 3 aromatic carbocycles. The Labute approximate surface area is 249 Å². The number of hydrogen-bond donors (Lipinski definition) is 1. The van der Waals surface area contributed by atoms with Gasteiger partial charge in [-0.05, 0) is 74.2 Å². The fourth-order valence-corrected chi connectivity index (χ4v) is 5.98. The maximum atomic E-state index is 14.2. The van der Waals surface area contributed by atoms with Gasteiger partial charge in [-0.25, -0.2) is 8.42 Å². The summed E-state index contributed by atoms with van der Waals surface area (Å²) in [4.78, 5) is 29.0. The van der Waals surface area contributed by atoms with Crippen LogP contribution in [0.5, 0.6) is 11.5 Å². The second-order valence-electron chi connectivity index (χ2n) is 10.1. The van der Waals surface area contributed by atoms with Crippen LogP contribution in [-0.2, 0) is 26.2 Å². The van der Waals surface area contributed by atoms with Crippen LogP contribution in [0.15, 0.2) is 71.6 Å². The Morgan fingerprint density at radius 1 is 0.881 bits per heavy atom. The summed E-state index contributed by atoms with van der Waals surface area (Å²) >= 11 is 0. The SMILES string of the molecule is CCCNC(=O)[C@@H](CC)N(Cc1ccc(OC)cc1)C(=O)CN(c1cc(C)ccc1OC)S(=O)(=O)c1ccc(C)cc1. The van der Waals surface area contributed by atoms with Crippen molar-refractivity contribution in [1.29, 1.82) is 0 Å². The fraction of sp³-hybridized carbons (Fsp3) is 0.375. The molecule has 3 aromatic rings. The summed E-state index contributed by atoms with van der Waals surface area (Å²) in [6.07, 6.45) is 1.08. The first kappa shape index (κ1) is 32.5. The van der Waals surface area contributed by atoms with Crippen LogP contribution in [0.2, 0.25) is 0 Å². The number of amides is 2. The van der Waals surface area contributed by atoms with E-state index < -0.39 is 28.5 Å². The number of rotatable bonds is 14. The number of aryl methyl sites for hydroxylation is 2. The molecule has 226 valence electrons. The van der Waals surface area contributed by atoms with Gasteiger partial charge < -0.3 is 19.7 Å². The summed E-state index contributed by atoms with van der Waals surface area (Å²) < 4.78 is 40.1. The number of sulfonamides is 1. The molecule has 0 radical (unpaired) electrons. The summed E-state index contributed by atoms with van der Waals surface area (Å²) in [5, 5.41) is 2.89. The fourth-order valence-electron chi connectivity index (χ4n) is 4.56. The summed E-state index contributed by atoms with van der Waals surface area (Å²) in [5.41, 5.74) is 2.70. The van der Waals surface area contributed by atoms with E-state index in [1.165, 1.54) is 24.1 Å². The van der Waals surface area contributed by atoms with Crippen LogP contribution in [0.25, 0.3) is 0 Å². The van der Waals surface area contributed by atoms with E-state index in [1.807, 2.05) is 45.9 Å². The van der Waals surface area contributed by atoms with Crippen LogP contribution < -0.4 is 19.1 Å². The van der Waals surface area contributed by atoms with Gasteiger partial charge in [-0.3, -0.25) is 13.9 Å². The number of nitrogens with one attached hydrogen (secondary N) is 1. The first-order valence-electron chi connectivity index (χ1n) is 14.0. The van der Waals surface area contributed by atoms with Gasteiger partial charge in [0.15, 0.2) is 0 Å². The Morgan fingerprint density at radius 3 is 2.10 bits per heavy atom. The number of carbonyl (C=O) groups excluding carboxylic acids is 2. The Kier molecular flexibility index (Phi) is 11.4. The van der Waals surface area contributed by atoms with Gasteiger partial charge in [-0.1, -0.05) is 49.7 Å². The Balaban J connectivity index is 2.11. The van der Waals surface area contributed by atoms with E-state index in [-0.39, 0.29) is 23.0 Å². The van der Waals surface area contributed by atoms with Crippen molar-refractivity contribution in [3.05, 3.63) is 83.4 Å². The van der Waals surface area contributed by atoms with Gasteiger partial charge in [0.1, 0.15) is 24.1 Å². The van der Waals surface area contributed by atoms with Gasteiger partial charge in [0.05, 0.1) is 24.8 Å². The van der Waals surface area contributed by atoms with Crippen LogP contribution >= 0.6 is 0 Å². The lowest BCUT2D eigenvalue weighted by Crippen LogP contribution is -2.52. The third-order valence-electron chi connectivity index (χ3n) is 6.94. The highest BCUT2D eigenvalue weighted by atomic mass is 32.2. The highest BCUT2D eigenvalue weighted by Gasteiger charge is 2.34. The molecular formula is C32H41N3O6S. The third kappa shape index (κ3) is 7.82. The van der Waals surface area contributed by atoms with E-state index in [2.05, 4.69) is 5.32 Å². The van der Waals surface area contributed by atoms with Gasteiger partial charge >= 0.3 is 0 Å². The lowest BCUT2D eigenvalue weighted by atomic mass is 10.1. The second kappa shape index (κ2) is 14.7. The lowest BCUT2D eigenvalue weighted by Gasteiger charge is -2.33. The number of benzene rings is 3. The zero-order chi connectivity index (χ0) is 30.9. The number of anilines is 1. The van der Waals surface area contributed by atoms with Crippen molar-refractivity contribution in [2.24, 2.45) is 0 Å². The minimum absolute atomic E-state index is 0.0406. The number of nitrogens with zero attached hydrogens (tertiary/aromatic N) is 2. The summed E-state index contributed by atoms with van der Waals surface area (Å²) in [6, 6.07) is 18.0. The molecule has 0 saturated heterocycles. The largest absolute Gasteiger partial charge is 0.497 e. The highest BCUT2D eigenvalue weighted by molar-refractivity contribution is 7.92. The standard InChI is InChI=1S/C32H41N3O6S/c1-7-19-33-32(37)28(8-2)34(21-25-12-14-26(40-5)15-13-25)31(36)22-35(29-20-24(4)11-18-30(29)41-6)42(38,39)27-16-9-23(3)10-17-27/h9-18,20,28H,7-8,19,21-22H2,1-6H3,(H,33,37)/t28-/m1/s1. The van der Waals surface area contributed by atoms with Crippen LogP contribution in [0.3, 0.4) is 0 Å². The van der Waals surface area contributed by atoms with Crippen molar-refractivity contribution < 1.29 is 27.5 Å². The van der Waals surface area contributed by atoms with Crippen LogP contribution in [-0.4, -0.2) is 58.5 Å². The van der Waals surface area contributed by atoms with Crippen LogP contribution in [0, 0.1) is 13.8 Å². The monoisotopic (exact) mass is 595 g/mol. The summed E-state index contributed by atoms with van der Waals surface area (Å²) in [7, 11) is -1.19. The number of ether oxygens (including phenoxy) is 2. The normalized spacial score (nSPS) is 11.9.